The molecule has 0 saturated carbocycles. The smallest absolute Gasteiger partial charge is 0.406 e. The number of carbonyl (C=O) groups is 1. The zero-order chi connectivity index (χ0) is 21.7. The largest absolute Gasteiger partial charge is 0.573 e. The SMILES string of the molecule is CC(C)c1cc(NC(=O)CN2CCN(Cc3ccc(OC(F)(F)F)cc3)CC2)on1. The molecule has 0 unspecified atom stereocenters. The quantitative estimate of drug-likeness (QED) is 0.731. The summed E-state index contributed by atoms with van der Waals surface area (Å²) in [7, 11) is 0. The number of halogens is 3. The third kappa shape index (κ3) is 6.74. The molecular formula is C20H25F3N4O3. The van der Waals surface area contributed by atoms with Crippen molar-refractivity contribution in [2.45, 2.75) is 32.7 Å². The van der Waals surface area contributed by atoms with Gasteiger partial charge in [0.25, 0.3) is 0 Å². The minimum absolute atomic E-state index is 0.157. The number of nitrogens with zero attached hydrogens (tertiary/aromatic N) is 3. The standard InChI is InChI=1S/C20H25F3N4O3/c1-14(2)17-11-19(30-25-17)24-18(28)13-27-9-7-26(8-10-27)12-15-3-5-16(6-4-15)29-20(21,22)23/h3-6,11,14H,7-10,12-13H2,1-2H3,(H,24,28). The second-order valence-electron chi connectivity index (χ2n) is 7.56. The Morgan fingerprint density at radius 2 is 1.80 bits per heavy atom. The first-order valence-corrected chi connectivity index (χ1v) is 9.74. The Bertz CT molecular complexity index is 829. The average Bonchev–Trinajstić information content (AvgIpc) is 3.12. The molecule has 30 heavy (non-hydrogen) atoms. The zero-order valence-electron chi connectivity index (χ0n) is 16.9. The molecule has 0 spiro atoms. The van der Waals surface area contributed by atoms with Gasteiger partial charge in [-0.05, 0) is 23.6 Å². The predicted molar refractivity (Wildman–Crippen MR) is 104 cm³/mol. The molecule has 1 aliphatic heterocycles. The van der Waals surface area contributed by atoms with E-state index < -0.39 is 6.36 Å². The lowest BCUT2D eigenvalue weighted by molar-refractivity contribution is -0.274. The lowest BCUT2D eigenvalue weighted by Gasteiger charge is -2.34. The third-order valence-electron chi connectivity index (χ3n) is 4.78. The summed E-state index contributed by atoms with van der Waals surface area (Å²) in [5, 5.41) is 6.64. The van der Waals surface area contributed by atoms with Crippen LogP contribution in [-0.2, 0) is 11.3 Å². The van der Waals surface area contributed by atoms with Crippen LogP contribution in [0.1, 0.15) is 31.0 Å². The molecule has 1 saturated heterocycles. The highest BCUT2D eigenvalue weighted by atomic mass is 19.4. The molecule has 0 bridgehead atoms. The highest BCUT2D eigenvalue weighted by molar-refractivity contribution is 5.91. The summed E-state index contributed by atoms with van der Waals surface area (Å²) in [6.45, 7) is 7.83. The van der Waals surface area contributed by atoms with Crippen LogP contribution in [-0.4, -0.2) is 59.9 Å². The first-order chi connectivity index (χ1) is 14.2. The van der Waals surface area contributed by atoms with Gasteiger partial charge >= 0.3 is 6.36 Å². The van der Waals surface area contributed by atoms with Crippen molar-refractivity contribution in [2.24, 2.45) is 0 Å². The number of ether oxygens (including phenoxy) is 1. The van der Waals surface area contributed by atoms with Crippen LogP contribution in [0.3, 0.4) is 0 Å². The number of hydrogen-bond acceptors (Lipinski definition) is 6. The Labute approximate surface area is 172 Å². The molecule has 0 atom stereocenters. The first kappa shape index (κ1) is 22.1. The number of amides is 1. The van der Waals surface area contributed by atoms with Crippen molar-refractivity contribution in [3.63, 3.8) is 0 Å². The molecule has 7 nitrogen and oxygen atoms in total. The monoisotopic (exact) mass is 426 g/mol. The fraction of sp³-hybridized carbons (Fsp3) is 0.500. The molecule has 3 rings (SSSR count). The Kier molecular flexibility index (Phi) is 6.99. The van der Waals surface area contributed by atoms with E-state index >= 15 is 0 Å². The summed E-state index contributed by atoms with van der Waals surface area (Å²) in [5.74, 6) is 0.186. The van der Waals surface area contributed by atoms with E-state index in [-0.39, 0.29) is 24.1 Å². The topological polar surface area (TPSA) is 70.8 Å². The van der Waals surface area contributed by atoms with Gasteiger partial charge in [-0.2, -0.15) is 0 Å². The molecule has 1 fully saturated rings. The Morgan fingerprint density at radius 1 is 1.17 bits per heavy atom. The van der Waals surface area contributed by atoms with Crippen LogP contribution in [0.15, 0.2) is 34.9 Å². The molecule has 10 heteroatoms. The molecule has 1 aromatic carbocycles. The number of hydrogen-bond donors (Lipinski definition) is 1. The maximum Gasteiger partial charge on any atom is 0.573 e. The number of carbonyl (C=O) groups excluding carboxylic acids is 1. The minimum atomic E-state index is -4.69. The van der Waals surface area contributed by atoms with E-state index in [9.17, 15) is 18.0 Å². The lowest BCUT2D eigenvalue weighted by Crippen LogP contribution is -2.48. The molecule has 0 aliphatic carbocycles. The van der Waals surface area contributed by atoms with Crippen molar-refractivity contribution in [3.05, 3.63) is 41.6 Å². The molecule has 1 aromatic heterocycles. The fourth-order valence-corrected chi connectivity index (χ4v) is 3.16. The first-order valence-electron chi connectivity index (χ1n) is 9.74. The van der Waals surface area contributed by atoms with Crippen LogP contribution in [0.5, 0.6) is 5.75 Å². The highest BCUT2D eigenvalue weighted by Gasteiger charge is 2.31. The van der Waals surface area contributed by atoms with Gasteiger partial charge in [-0.25, -0.2) is 0 Å². The van der Waals surface area contributed by atoms with Gasteiger partial charge in [0.1, 0.15) is 5.75 Å². The van der Waals surface area contributed by atoms with Crippen molar-refractivity contribution in [2.75, 3.05) is 38.0 Å². The van der Waals surface area contributed by atoms with E-state index in [1.165, 1.54) is 12.1 Å². The zero-order valence-corrected chi connectivity index (χ0v) is 16.9. The van der Waals surface area contributed by atoms with Crippen LogP contribution < -0.4 is 10.1 Å². The molecule has 2 aromatic rings. The summed E-state index contributed by atoms with van der Waals surface area (Å²) < 4.78 is 45.7. The van der Waals surface area contributed by atoms with Crippen LogP contribution in [0, 0.1) is 0 Å². The summed E-state index contributed by atoms with van der Waals surface area (Å²) in [6, 6.07) is 7.62. The number of benzene rings is 1. The fourth-order valence-electron chi connectivity index (χ4n) is 3.16. The van der Waals surface area contributed by atoms with Crippen molar-refractivity contribution in [1.82, 2.24) is 15.0 Å². The van der Waals surface area contributed by atoms with Gasteiger partial charge < -0.3 is 9.26 Å². The number of piperazine rings is 1. The maximum absolute atomic E-state index is 12.2. The van der Waals surface area contributed by atoms with Crippen LogP contribution in [0.2, 0.25) is 0 Å². The van der Waals surface area contributed by atoms with Gasteiger partial charge in [0, 0.05) is 38.8 Å². The van der Waals surface area contributed by atoms with Gasteiger partial charge in [-0.3, -0.25) is 19.9 Å². The Balaban J connectivity index is 1.40. The van der Waals surface area contributed by atoms with Gasteiger partial charge in [0.2, 0.25) is 11.8 Å². The molecule has 164 valence electrons. The number of nitrogens with one attached hydrogen (secondary N) is 1. The number of alkyl halides is 3. The van der Waals surface area contributed by atoms with Crippen LogP contribution in [0.25, 0.3) is 0 Å². The predicted octanol–water partition coefficient (Wildman–Crippen LogP) is 3.45. The second-order valence-corrected chi connectivity index (χ2v) is 7.56. The lowest BCUT2D eigenvalue weighted by atomic mass is 10.1. The molecule has 2 heterocycles. The molecule has 1 amide bonds. The van der Waals surface area contributed by atoms with Crippen molar-refractivity contribution >= 4 is 11.8 Å². The highest BCUT2D eigenvalue weighted by Crippen LogP contribution is 2.23. The summed E-state index contributed by atoms with van der Waals surface area (Å²) in [6.07, 6.45) is -4.69. The Hall–Kier alpha value is -2.59. The van der Waals surface area contributed by atoms with Gasteiger partial charge in [-0.15, -0.1) is 13.2 Å². The second kappa shape index (κ2) is 9.48. The van der Waals surface area contributed by atoms with Gasteiger partial charge in [0.05, 0.1) is 12.2 Å². The molecule has 1 N–H and O–H groups in total. The number of aromatic nitrogens is 1. The maximum atomic E-state index is 12.2. The number of anilines is 1. The molecular weight excluding hydrogens is 401 g/mol. The van der Waals surface area contributed by atoms with Crippen LogP contribution >= 0.6 is 0 Å². The summed E-state index contributed by atoms with van der Waals surface area (Å²) in [5.41, 5.74) is 1.69. The normalized spacial score (nSPS) is 16.1. The van der Waals surface area contributed by atoms with Gasteiger partial charge in [-0.1, -0.05) is 31.1 Å². The third-order valence-corrected chi connectivity index (χ3v) is 4.78. The summed E-state index contributed by atoms with van der Waals surface area (Å²) in [4.78, 5) is 16.5. The van der Waals surface area contributed by atoms with Gasteiger partial charge in [0.15, 0.2) is 0 Å². The average molecular weight is 426 g/mol. The summed E-state index contributed by atoms with van der Waals surface area (Å²) >= 11 is 0. The van der Waals surface area contributed by atoms with Crippen molar-refractivity contribution in [1.29, 1.82) is 0 Å². The number of rotatable bonds is 7. The van der Waals surface area contributed by atoms with E-state index in [0.717, 1.165) is 37.4 Å². The van der Waals surface area contributed by atoms with Crippen molar-refractivity contribution < 1.29 is 27.2 Å². The van der Waals surface area contributed by atoms with Crippen molar-refractivity contribution in [3.8, 4) is 5.75 Å². The van der Waals surface area contributed by atoms with E-state index in [0.29, 0.717) is 12.4 Å². The van der Waals surface area contributed by atoms with E-state index in [1.54, 1.807) is 18.2 Å². The Morgan fingerprint density at radius 3 is 2.37 bits per heavy atom. The van der Waals surface area contributed by atoms with E-state index in [1.807, 2.05) is 18.7 Å². The van der Waals surface area contributed by atoms with E-state index in [2.05, 4.69) is 20.1 Å². The minimum Gasteiger partial charge on any atom is -0.406 e. The van der Waals surface area contributed by atoms with Crippen LogP contribution in [0.4, 0.5) is 19.1 Å². The van der Waals surface area contributed by atoms with E-state index in [4.69, 9.17) is 4.52 Å². The molecule has 0 radical (unpaired) electrons. The molecule has 1 aliphatic rings.